The highest BCUT2D eigenvalue weighted by Crippen LogP contribution is 2.37. The van der Waals surface area contributed by atoms with Crippen LogP contribution in [0.2, 0.25) is 0 Å². The molecule has 84 valence electrons. The summed E-state index contributed by atoms with van der Waals surface area (Å²) in [6.45, 7) is 2.29. The summed E-state index contributed by atoms with van der Waals surface area (Å²) in [6, 6.07) is 0. The van der Waals surface area contributed by atoms with Crippen LogP contribution in [0.4, 0.5) is 5.13 Å². The summed E-state index contributed by atoms with van der Waals surface area (Å²) in [5, 5.41) is 9.89. The molecule has 15 heavy (non-hydrogen) atoms. The maximum Gasteiger partial charge on any atom is 0.203 e. The van der Waals surface area contributed by atoms with Gasteiger partial charge in [-0.05, 0) is 18.8 Å². The van der Waals surface area contributed by atoms with Crippen LogP contribution in [0.15, 0.2) is 0 Å². The van der Waals surface area contributed by atoms with Gasteiger partial charge in [-0.3, -0.25) is 0 Å². The van der Waals surface area contributed by atoms with Crippen LogP contribution < -0.4 is 5.73 Å². The Morgan fingerprint density at radius 2 is 2.13 bits per heavy atom. The zero-order valence-electron chi connectivity index (χ0n) is 9.28. The summed E-state index contributed by atoms with van der Waals surface area (Å²) in [5.41, 5.74) is 5.64. The van der Waals surface area contributed by atoms with E-state index in [2.05, 4.69) is 17.1 Å². The lowest BCUT2D eigenvalue weighted by Gasteiger charge is -2.15. The molecule has 1 aromatic heterocycles. The summed E-state index contributed by atoms with van der Waals surface area (Å²) < 4.78 is 0. The van der Waals surface area contributed by atoms with E-state index in [0.717, 1.165) is 10.9 Å². The van der Waals surface area contributed by atoms with Crippen molar-refractivity contribution in [2.45, 2.75) is 51.4 Å². The molecular formula is C11H19N3S. The number of aromatic nitrogens is 2. The maximum absolute atomic E-state index is 5.64. The van der Waals surface area contributed by atoms with Crippen molar-refractivity contribution in [3.8, 4) is 0 Å². The minimum Gasteiger partial charge on any atom is -0.374 e. The van der Waals surface area contributed by atoms with E-state index < -0.39 is 0 Å². The van der Waals surface area contributed by atoms with Crippen LogP contribution in [0.25, 0.3) is 0 Å². The van der Waals surface area contributed by atoms with Crippen LogP contribution in [0.1, 0.15) is 56.4 Å². The van der Waals surface area contributed by atoms with Gasteiger partial charge < -0.3 is 5.73 Å². The molecule has 0 bridgehead atoms. The third-order valence-corrected chi connectivity index (χ3v) is 4.33. The van der Waals surface area contributed by atoms with Gasteiger partial charge in [-0.1, -0.05) is 43.9 Å². The van der Waals surface area contributed by atoms with Crippen LogP contribution in [-0.2, 0) is 0 Å². The van der Waals surface area contributed by atoms with E-state index in [1.807, 2.05) is 0 Å². The van der Waals surface area contributed by atoms with Gasteiger partial charge in [0.1, 0.15) is 5.01 Å². The molecule has 0 aromatic carbocycles. The third-order valence-electron chi connectivity index (χ3n) is 3.42. The van der Waals surface area contributed by atoms with Gasteiger partial charge in [-0.2, -0.15) is 0 Å². The van der Waals surface area contributed by atoms with Crippen molar-refractivity contribution in [1.29, 1.82) is 0 Å². The van der Waals surface area contributed by atoms with Gasteiger partial charge in [0.2, 0.25) is 5.13 Å². The second-order valence-electron chi connectivity index (χ2n) is 4.47. The molecule has 1 aliphatic carbocycles. The molecular weight excluding hydrogens is 206 g/mol. The predicted molar refractivity (Wildman–Crippen MR) is 63.9 cm³/mol. The topological polar surface area (TPSA) is 51.8 Å². The molecule has 1 heterocycles. The molecule has 1 aliphatic rings. The number of rotatable bonds is 2. The summed E-state index contributed by atoms with van der Waals surface area (Å²) in [7, 11) is 0. The highest BCUT2D eigenvalue weighted by Gasteiger charge is 2.23. The summed E-state index contributed by atoms with van der Waals surface area (Å²) in [4.78, 5) is 0. The molecule has 1 saturated carbocycles. The Hall–Kier alpha value is -0.640. The number of anilines is 1. The number of nitrogens with two attached hydrogens (primary N) is 1. The van der Waals surface area contributed by atoms with Crippen molar-refractivity contribution in [1.82, 2.24) is 10.2 Å². The fraction of sp³-hybridized carbons (Fsp3) is 0.818. The SMILES string of the molecule is CCC1CCCCC(c2nnc(N)s2)C1. The van der Waals surface area contributed by atoms with Crippen LogP contribution in [0.3, 0.4) is 0 Å². The number of nitrogens with zero attached hydrogens (tertiary/aromatic N) is 2. The van der Waals surface area contributed by atoms with Gasteiger partial charge in [-0.25, -0.2) is 0 Å². The standard InChI is InChI=1S/C11H19N3S/c1-2-8-5-3-4-6-9(7-8)10-13-14-11(12)15-10/h8-9H,2-7H2,1H3,(H2,12,14). The van der Waals surface area contributed by atoms with Crippen molar-refractivity contribution in [2.75, 3.05) is 5.73 Å². The quantitative estimate of drug-likeness (QED) is 0.786. The highest BCUT2D eigenvalue weighted by atomic mass is 32.1. The van der Waals surface area contributed by atoms with Gasteiger partial charge in [0.15, 0.2) is 0 Å². The zero-order chi connectivity index (χ0) is 10.7. The Balaban J connectivity index is 2.07. The van der Waals surface area contributed by atoms with Crippen molar-refractivity contribution in [3.05, 3.63) is 5.01 Å². The van der Waals surface area contributed by atoms with Crippen molar-refractivity contribution >= 4 is 16.5 Å². The van der Waals surface area contributed by atoms with Crippen molar-refractivity contribution < 1.29 is 0 Å². The van der Waals surface area contributed by atoms with E-state index in [4.69, 9.17) is 5.73 Å². The lowest BCUT2D eigenvalue weighted by molar-refractivity contribution is 0.420. The van der Waals surface area contributed by atoms with Crippen molar-refractivity contribution in [3.63, 3.8) is 0 Å². The smallest absolute Gasteiger partial charge is 0.203 e. The third kappa shape index (κ3) is 2.68. The average Bonchev–Trinajstić information content (AvgIpc) is 2.54. The van der Waals surface area contributed by atoms with Gasteiger partial charge in [0.25, 0.3) is 0 Å². The summed E-state index contributed by atoms with van der Waals surface area (Å²) in [5.74, 6) is 1.50. The Morgan fingerprint density at radius 3 is 2.80 bits per heavy atom. The normalized spacial score (nSPS) is 27.5. The minimum absolute atomic E-state index is 0.613. The van der Waals surface area contributed by atoms with E-state index in [1.54, 1.807) is 11.3 Å². The fourth-order valence-corrected chi connectivity index (χ4v) is 3.23. The first-order valence-electron chi connectivity index (χ1n) is 5.88. The molecule has 1 aromatic rings. The molecule has 4 heteroatoms. The lowest BCUT2D eigenvalue weighted by atomic mass is 9.92. The van der Waals surface area contributed by atoms with Crippen molar-refractivity contribution in [2.24, 2.45) is 5.92 Å². The predicted octanol–water partition coefficient (Wildman–Crippen LogP) is 3.19. The summed E-state index contributed by atoms with van der Waals surface area (Å²) in [6.07, 6.45) is 7.95. The number of hydrogen-bond acceptors (Lipinski definition) is 4. The molecule has 3 nitrogen and oxygen atoms in total. The van der Waals surface area contributed by atoms with Crippen LogP contribution in [0.5, 0.6) is 0 Å². The van der Waals surface area contributed by atoms with Crippen LogP contribution in [-0.4, -0.2) is 10.2 Å². The molecule has 0 amide bonds. The van der Waals surface area contributed by atoms with Gasteiger partial charge in [0.05, 0.1) is 0 Å². The Bertz CT molecular complexity index is 311. The van der Waals surface area contributed by atoms with Gasteiger partial charge in [0, 0.05) is 5.92 Å². The Labute approximate surface area is 95.1 Å². The van der Waals surface area contributed by atoms with Gasteiger partial charge >= 0.3 is 0 Å². The first-order chi connectivity index (χ1) is 7.29. The molecule has 1 fully saturated rings. The molecule has 2 atom stereocenters. The van der Waals surface area contributed by atoms with E-state index in [-0.39, 0.29) is 0 Å². The fourth-order valence-electron chi connectivity index (χ4n) is 2.47. The largest absolute Gasteiger partial charge is 0.374 e. The highest BCUT2D eigenvalue weighted by molar-refractivity contribution is 7.15. The zero-order valence-corrected chi connectivity index (χ0v) is 10.1. The average molecular weight is 225 g/mol. The first-order valence-corrected chi connectivity index (χ1v) is 6.70. The van der Waals surface area contributed by atoms with E-state index in [1.165, 1.54) is 38.5 Å². The Kier molecular flexibility index (Phi) is 3.57. The second-order valence-corrected chi connectivity index (χ2v) is 5.51. The molecule has 0 aliphatic heterocycles. The summed E-state index contributed by atoms with van der Waals surface area (Å²) >= 11 is 1.57. The monoisotopic (exact) mass is 225 g/mol. The molecule has 2 N–H and O–H groups in total. The number of hydrogen-bond donors (Lipinski definition) is 1. The van der Waals surface area contributed by atoms with E-state index in [0.29, 0.717) is 11.0 Å². The van der Waals surface area contributed by atoms with E-state index >= 15 is 0 Å². The number of nitrogen functional groups attached to an aromatic ring is 1. The molecule has 0 spiro atoms. The maximum atomic E-state index is 5.64. The molecule has 0 radical (unpaired) electrons. The van der Waals surface area contributed by atoms with Gasteiger partial charge in [-0.15, -0.1) is 10.2 Å². The van der Waals surface area contributed by atoms with E-state index in [9.17, 15) is 0 Å². The van der Waals surface area contributed by atoms with Crippen LogP contribution in [0, 0.1) is 5.92 Å². The van der Waals surface area contributed by atoms with Crippen LogP contribution >= 0.6 is 11.3 Å². The first kappa shape index (κ1) is 10.9. The lowest BCUT2D eigenvalue weighted by Crippen LogP contribution is -2.04. The molecule has 0 saturated heterocycles. The molecule has 2 unspecified atom stereocenters. The Morgan fingerprint density at radius 1 is 1.33 bits per heavy atom. The minimum atomic E-state index is 0.613. The molecule has 2 rings (SSSR count). The second kappa shape index (κ2) is 4.92.